The van der Waals surface area contributed by atoms with E-state index in [9.17, 15) is 4.79 Å². The van der Waals surface area contributed by atoms with E-state index >= 15 is 0 Å². The van der Waals surface area contributed by atoms with Crippen molar-refractivity contribution in [2.75, 3.05) is 21.3 Å². The molecule has 0 radical (unpaired) electrons. The second kappa shape index (κ2) is 8.41. The first-order chi connectivity index (χ1) is 12.1. The summed E-state index contributed by atoms with van der Waals surface area (Å²) in [4.78, 5) is 12.7. The quantitative estimate of drug-likeness (QED) is 0.795. The maximum Gasteiger partial charge on any atom is 0.252 e. The first kappa shape index (κ1) is 18.6. The molecule has 7 nitrogen and oxygen atoms in total. The van der Waals surface area contributed by atoms with Gasteiger partial charge >= 0.3 is 0 Å². The monoisotopic (exact) mass is 347 g/mol. The van der Waals surface area contributed by atoms with E-state index in [1.807, 2.05) is 24.7 Å². The van der Waals surface area contributed by atoms with Crippen LogP contribution in [0.2, 0.25) is 0 Å². The molecule has 0 fully saturated rings. The van der Waals surface area contributed by atoms with Crippen molar-refractivity contribution in [1.82, 2.24) is 15.1 Å². The Morgan fingerprint density at radius 3 is 2.24 bits per heavy atom. The van der Waals surface area contributed by atoms with Crippen LogP contribution in [0.25, 0.3) is 0 Å². The van der Waals surface area contributed by atoms with Gasteiger partial charge in [0.25, 0.3) is 5.91 Å². The average molecular weight is 347 g/mol. The number of aromatic nitrogens is 2. The summed E-state index contributed by atoms with van der Waals surface area (Å²) in [6, 6.07) is 3.16. The number of amides is 1. The summed E-state index contributed by atoms with van der Waals surface area (Å²) in [5.74, 6) is 1.13. The maximum atomic E-state index is 12.7. The second-order valence-corrected chi connectivity index (χ2v) is 5.48. The third kappa shape index (κ3) is 4.04. The van der Waals surface area contributed by atoms with Crippen molar-refractivity contribution < 1.29 is 19.0 Å². The molecule has 25 heavy (non-hydrogen) atoms. The standard InChI is InChI=1S/C18H25N3O4/c1-6-14(13-10-19-21(7-2)11-13)20-18(22)12-8-15(23-3)17(25-5)16(9-12)24-4/h8-11,14H,6-7H2,1-5H3,(H,20,22). The van der Waals surface area contributed by atoms with Crippen LogP contribution in [0, 0.1) is 0 Å². The van der Waals surface area contributed by atoms with Crippen LogP contribution >= 0.6 is 0 Å². The predicted molar refractivity (Wildman–Crippen MR) is 94.5 cm³/mol. The lowest BCUT2D eigenvalue weighted by atomic mass is 10.1. The van der Waals surface area contributed by atoms with Crippen LogP contribution < -0.4 is 19.5 Å². The molecule has 1 atom stereocenters. The van der Waals surface area contributed by atoms with Gasteiger partial charge in [0.15, 0.2) is 11.5 Å². The molecule has 1 heterocycles. The van der Waals surface area contributed by atoms with Crippen molar-refractivity contribution in [2.45, 2.75) is 32.9 Å². The maximum absolute atomic E-state index is 12.7. The molecule has 1 unspecified atom stereocenters. The molecular weight excluding hydrogens is 322 g/mol. The van der Waals surface area contributed by atoms with Gasteiger partial charge in [0.2, 0.25) is 5.75 Å². The zero-order chi connectivity index (χ0) is 18.4. The van der Waals surface area contributed by atoms with E-state index < -0.39 is 0 Å². The van der Waals surface area contributed by atoms with Crippen molar-refractivity contribution in [3.63, 3.8) is 0 Å². The van der Waals surface area contributed by atoms with Gasteiger partial charge in [0.1, 0.15) is 0 Å². The van der Waals surface area contributed by atoms with E-state index in [0.717, 1.165) is 18.5 Å². The van der Waals surface area contributed by atoms with Gasteiger partial charge in [-0.25, -0.2) is 0 Å². The molecule has 2 rings (SSSR count). The Labute approximate surface area is 147 Å². The number of nitrogens with zero attached hydrogens (tertiary/aromatic N) is 2. The van der Waals surface area contributed by atoms with Crippen molar-refractivity contribution in [3.05, 3.63) is 35.7 Å². The van der Waals surface area contributed by atoms with Gasteiger partial charge in [0, 0.05) is 23.9 Å². The highest BCUT2D eigenvalue weighted by Gasteiger charge is 2.20. The van der Waals surface area contributed by atoms with Crippen LogP contribution in [0.3, 0.4) is 0 Å². The number of hydrogen-bond donors (Lipinski definition) is 1. The van der Waals surface area contributed by atoms with E-state index in [1.165, 1.54) is 21.3 Å². The molecule has 0 spiro atoms. The van der Waals surface area contributed by atoms with E-state index in [-0.39, 0.29) is 11.9 Å². The fourth-order valence-electron chi connectivity index (χ4n) is 2.61. The average Bonchev–Trinajstić information content (AvgIpc) is 3.13. The summed E-state index contributed by atoms with van der Waals surface area (Å²) >= 11 is 0. The van der Waals surface area contributed by atoms with Crippen LogP contribution in [0.4, 0.5) is 0 Å². The van der Waals surface area contributed by atoms with Gasteiger partial charge in [-0.2, -0.15) is 5.10 Å². The number of hydrogen-bond acceptors (Lipinski definition) is 5. The Balaban J connectivity index is 2.26. The Bertz CT molecular complexity index is 702. The normalized spacial score (nSPS) is 11.7. The third-order valence-electron chi connectivity index (χ3n) is 4.02. The summed E-state index contributed by atoms with van der Waals surface area (Å²) in [5, 5.41) is 7.30. The number of carbonyl (C=O) groups is 1. The summed E-state index contributed by atoms with van der Waals surface area (Å²) in [7, 11) is 4.57. The number of rotatable bonds is 8. The second-order valence-electron chi connectivity index (χ2n) is 5.48. The minimum atomic E-state index is -0.213. The molecule has 0 bridgehead atoms. The summed E-state index contributed by atoms with van der Waals surface area (Å²) in [5.41, 5.74) is 1.42. The van der Waals surface area contributed by atoms with Gasteiger partial charge in [0.05, 0.1) is 33.6 Å². The Hall–Kier alpha value is -2.70. The Morgan fingerprint density at radius 1 is 1.16 bits per heavy atom. The molecule has 1 amide bonds. The van der Waals surface area contributed by atoms with E-state index in [0.29, 0.717) is 22.8 Å². The number of ether oxygens (including phenoxy) is 3. The van der Waals surface area contributed by atoms with Crippen LogP contribution in [0.5, 0.6) is 17.2 Å². The van der Waals surface area contributed by atoms with E-state index in [1.54, 1.807) is 18.3 Å². The lowest BCUT2D eigenvalue weighted by molar-refractivity contribution is 0.0934. The first-order valence-electron chi connectivity index (χ1n) is 8.21. The number of aryl methyl sites for hydroxylation is 1. The number of nitrogens with one attached hydrogen (secondary N) is 1. The van der Waals surface area contributed by atoms with E-state index in [2.05, 4.69) is 10.4 Å². The zero-order valence-corrected chi connectivity index (χ0v) is 15.3. The smallest absolute Gasteiger partial charge is 0.252 e. The summed E-state index contributed by atoms with van der Waals surface area (Å²) < 4.78 is 17.7. The highest BCUT2D eigenvalue weighted by Crippen LogP contribution is 2.38. The molecule has 1 aromatic heterocycles. The van der Waals surface area contributed by atoms with Crippen molar-refractivity contribution in [2.24, 2.45) is 0 Å². The molecule has 0 aliphatic carbocycles. The molecule has 0 aliphatic heterocycles. The number of benzene rings is 1. The minimum Gasteiger partial charge on any atom is -0.493 e. The van der Waals surface area contributed by atoms with Crippen LogP contribution in [-0.4, -0.2) is 37.0 Å². The molecule has 0 saturated heterocycles. The highest BCUT2D eigenvalue weighted by atomic mass is 16.5. The van der Waals surface area contributed by atoms with Crippen LogP contribution in [0.15, 0.2) is 24.5 Å². The summed E-state index contributed by atoms with van der Waals surface area (Å²) in [6.07, 6.45) is 4.49. The number of carbonyl (C=O) groups excluding carboxylic acids is 1. The first-order valence-corrected chi connectivity index (χ1v) is 8.21. The molecule has 1 N–H and O–H groups in total. The highest BCUT2D eigenvalue weighted by molar-refractivity contribution is 5.95. The Morgan fingerprint density at radius 2 is 1.80 bits per heavy atom. The predicted octanol–water partition coefficient (Wildman–Crippen LogP) is 2.81. The van der Waals surface area contributed by atoms with Crippen molar-refractivity contribution in [1.29, 1.82) is 0 Å². The molecular formula is C18H25N3O4. The van der Waals surface area contributed by atoms with Crippen molar-refractivity contribution >= 4 is 5.91 Å². The molecule has 7 heteroatoms. The molecule has 0 saturated carbocycles. The molecule has 136 valence electrons. The lowest BCUT2D eigenvalue weighted by Gasteiger charge is -2.17. The van der Waals surface area contributed by atoms with Gasteiger partial charge in [-0.05, 0) is 25.5 Å². The minimum absolute atomic E-state index is 0.119. The van der Waals surface area contributed by atoms with Gasteiger partial charge in [-0.15, -0.1) is 0 Å². The van der Waals surface area contributed by atoms with Gasteiger partial charge < -0.3 is 19.5 Å². The third-order valence-corrected chi connectivity index (χ3v) is 4.02. The Kier molecular flexibility index (Phi) is 6.27. The fraction of sp³-hybridized carbons (Fsp3) is 0.444. The topological polar surface area (TPSA) is 74.6 Å². The van der Waals surface area contributed by atoms with Gasteiger partial charge in [-0.3, -0.25) is 9.48 Å². The SMILES string of the molecule is CCC(NC(=O)c1cc(OC)c(OC)c(OC)c1)c1cnn(CC)c1. The van der Waals surface area contributed by atoms with Crippen LogP contribution in [-0.2, 0) is 6.54 Å². The zero-order valence-electron chi connectivity index (χ0n) is 15.3. The van der Waals surface area contributed by atoms with Crippen LogP contribution in [0.1, 0.15) is 42.2 Å². The summed E-state index contributed by atoms with van der Waals surface area (Å²) in [6.45, 7) is 4.83. The van der Waals surface area contributed by atoms with Crippen molar-refractivity contribution in [3.8, 4) is 17.2 Å². The lowest BCUT2D eigenvalue weighted by Crippen LogP contribution is -2.28. The molecule has 1 aromatic carbocycles. The van der Waals surface area contributed by atoms with E-state index in [4.69, 9.17) is 14.2 Å². The van der Waals surface area contributed by atoms with Gasteiger partial charge in [-0.1, -0.05) is 6.92 Å². The molecule has 0 aliphatic rings. The fourth-order valence-corrected chi connectivity index (χ4v) is 2.61. The largest absolute Gasteiger partial charge is 0.493 e. The number of methoxy groups -OCH3 is 3. The molecule has 2 aromatic rings.